The maximum atomic E-state index is 11.8. The van der Waals surface area contributed by atoms with Crippen molar-refractivity contribution in [1.82, 2.24) is 5.32 Å². The zero-order chi connectivity index (χ0) is 18.5. The first-order valence-electron chi connectivity index (χ1n) is 8.01. The number of hydrogen-bond donors (Lipinski definition) is 3. The van der Waals surface area contributed by atoms with Crippen molar-refractivity contribution >= 4 is 55.4 Å². The number of hydrogen-bond acceptors (Lipinski definition) is 3. The van der Waals surface area contributed by atoms with E-state index in [4.69, 9.17) is 10.8 Å². The van der Waals surface area contributed by atoms with E-state index in [1.807, 2.05) is 0 Å². The predicted molar refractivity (Wildman–Crippen MR) is 105 cm³/mol. The van der Waals surface area contributed by atoms with Gasteiger partial charge in [-0.3, -0.25) is 0 Å². The van der Waals surface area contributed by atoms with E-state index in [0.29, 0.717) is 35.6 Å². The summed E-state index contributed by atoms with van der Waals surface area (Å²) in [7, 11) is 0. The fraction of sp³-hybridized carbons (Fsp3) is 0.222. The Labute approximate surface area is 169 Å². The molecule has 26 heavy (non-hydrogen) atoms. The zero-order valence-electron chi connectivity index (χ0n) is 13.8. The number of carbonyl (C=O) groups is 2. The van der Waals surface area contributed by atoms with Gasteiger partial charge in [0, 0.05) is 0 Å². The normalized spacial score (nSPS) is 12.0. The Bertz CT molecular complexity index is 883. The van der Waals surface area contributed by atoms with Crippen molar-refractivity contribution in [1.29, 1.82) is 0 Å². The third-order valence-corrected chi connectivity index (χ3v) is 11.7. The first kappa shape index (κ1) is 19.7. The van der Waals surface area contributed by atoms with Crippen LogP contribution >= 0.6 is 0 Å². The van der Waals surface area contributed by atoms with Gasteiger partial charge >= 0.3 is 170 Å². The van der Waals surface area contributed by atoms with Crippen LogP contribution in [0.3, 0.4) is 0 Å². The third kappa shape index (κ3) is 5.21. The second-order valence-electron chi connectivity index (χ2n) is 5.67. The summed E-state index contributed by atoms with van der Waals surface area (Å²) < 4.78 is 7.07. The van der Waals surface area contributed by atoms with Gasteiger partial charge < -0.3 is 0 Å². The molecule has 0 radical (unpaired) electrons. The molecule has 3 aromatic heterocycles. The van der Waals surface area contributed by atoms with E-state index in [1.54, 1.807) is 0 Å². The molecule has 0 saturated heterocycles. The van der Waals surface area contributed by atoms with E-state index in [2.05, 4.69) is 46.7 Å². The molecule has 5 nitrogen and oxygen atoms in total. The fourth-order valence-corrected chi connectivity index (χ4v) is 9.15. The molecule has 8 heteroatoms. The maximum absolute atomic E-state index is 11.8. The Morgan fingerprint density at radius 2 is 1.73 bits per heavy atom. The molecule has 0 aliphatic heterocycles. The molecule has 136 valence electrons. The predicted octanol–water partition coefficient (Wildman–Crippen LogP) is 1.000. The Balaban J connectivity index is 1.53. The quantitative estimate of drug-likeness (QED) is 0.368. The van der Waals surface area contributed by atoms with Crippen LogP contribution in [0.4, 0.5) is 0 Å². The molecule has 0 aliphatic rings. The van der Waals surface area contributed by atoms with Crippen molar-refractivity contribution in [3.8, 4) is 17.7 Å². The molecule has 0 saturated carbocycles. The number of carboxylic acid groups (broad SMARTS) is 1. The standard InChI is InChI=1S/C18H18N2O3Se3/c19-12(18(22)23)4-8-17(21)20-10-11-3-5-15(25-11)16-7-6-14(26-16)13-2-1-9-24-13/h1-3,5-7,9,12H,4,8,10,19H2,(H,20,21)(H,22,23)/t12-/m0/s1. The molecule has 0 aromatic carbocycles. The second kappa shape index (κ2) is 9.20. The molecule has 0 fully saturated rings. The number of amides is 1. The molecule has 4 N–H and O–H groups in total. The molecular weight excluding hydrogens is 529 g/mol. The van der Waals surface area contributed by atoms with Gasteiger partial charge in [0.15, 0.2) is 0 Å². The van der Waals surface area contributed by atoms with Crippen molar-refractivity contribution < 1.29 is 14.7 Å². The molecule has 0 unspecified atom stereocenters. The van der Waals surface area contributed by atoms with Crippen LogP contribution in [0.1, 0.15) is 17.3 Å². The Morgan fingerprint density at radius 1 is 1.04 bits per heavy atom. The molecule has 1 amide bonds. The van der Waals surface area contributed by atoms with Crippen molar-refractivity contribution in [3.05, 3.63) is 45.8 Å². The summed E-state index contributed by atoms with van der Waals surface area (Å²) >= 11 is 1.12. The van der Waals surface area contributed by atoms with Gasteiger partial charge in [-0.05, 0) is 0 Å². The first-order valence-corrected chi connectivity index (χ1v) is 13.3. The van der Waals surface area contributed by atoms with Crippen LogP contribution in [0.5, 0.6) is 0 Å². The Kier molecular flexibility index (Phi) is 6.96. The molecular formula is C18H18N2O3Se3. The van der Waals surface area contributed by atoms with E-state index in [9.17, 15) is 9.59 Å². The number of carbonyl (C=O) groups excluding carboxylic acids is 1. The average Bonchev–Trinajstić information content (AvgIpc) is 3.37. The molecule has 0 aliphatic carbocycles. The van der Waals surface area contributed by atoms with Crippen molar-refractivity contribution in [3.63, 3.8) is 0 Å². The second-order valence-corrected chi connectivity index (χ2v) is 12.4. The average molecular weight is 547 g/mol. The van der Waals surface area contributed by atoms with Crippen LogP contribution in [0, 0.1) is 0 Å². The van der Waals surface area contributed by atoms with E-state index >= 15 is 0 Å². The Hall–Kier alpha value is -1.10. The minimum atomic E-state index is -1.07. The number of nitrogens with one attached hydrogen (secondary N) is 1. The summed E-state index contributed by atoms with van der Waals surface area (Å²) in [6.07, 6.45) is 0.297. The van der Waals surface area contributed by atoms with Crippen LogP contribution in [0.2, 0.25) is 0 Å². The van der Waals surface area contributed by atoms with Gasteiger partial charge in [-0.15, -0.1) is 0 Å². The SMILES string of the molecule is N[C@@H](CCC(=O)NCc1ccc(-c2ccc(-c3ccc[se]3)[se]2)[se]1)C(=O)O. The summed E-state index contributed by atoms with van der Waals surface area (Å²) in [5.74, 6) is -1.22. The molecule has 1 atom stereocenters. The number of carboxylic acids is 1. The topological polar surface area (TPSA) is 92.4 Å². The van der Waals surface area contributed by atoms with E-state index in [0.717, 1.165) is 0 Å². The van der Waals surface area contributed by atoms with Gasteiger partial charge in [-0.2, -0.15) is 0 Å². The van der Waals surface area contributed by atoms with Crippen molar-refractivity contribution in [2.45, 2.75) is 25.4 Å². The summed E-state index contributed by atoms with van der Waals surface area (Å²) in [4.78, 5) is 24.7. The molecule has 0 spiro atoms. The third-order valence-electron chi connectivity index (χ3n) is 3.73. The summed E-state index contributed by atoms with van der Waals surface area (Å²) in [5, 5.41) is 11.6. The Morgan fingerprint density at radius 3 is 2.42 bits per heavy atom. The molecule has 3 rings (SSSR count). The first-order chi connectivity index (χ1) is 12.5. The molecule has 3 heterocycles. The summed E-state index contributed by atoms with van der Waals surface area (Å²) in [6.45, 7) is 0.528. The zero-order valence-corrected chi connectivity index (χ0v) is 18.9. The van der Waals surface area contributed by atoms with E-state index in [1.165, 1.54) is 22.2 Å². The molecule has 0 bridgehead atoms. The van der Waals surface area contributed by atoms with Crippen LogP contribution in [-0.2, 0) is 16.1 Å². The van der Waals surface area contributed by atoms with Gasteiger partial charge in [0.2, 0.25) is 0 Å². The number of nitrogens with two attached hydrogens (primary N) is 1. The van der Waals surface area contributed by atoms with Crippen molar-refractivity contribution in [2.75, 3.05) is 0 Å². The molecule has 3 aromatic rings. The minimum absolute atomic E-state index is 0.139. The van der Waals surface area contributed by atoms with Crippen molar-refractivity contribution in [2.24, 2.45) is 5.73 Å². The van der Waals surface area contributed by atoms with Gasteiger partial charge in [0.05, 0.1) is 0 Å². The summed E-state index contributed by atoms with van der Waals surface area (Å²) in [5.41, 5.74) is 5.42. The van der Waals surface area contributed by atoms with Crippen LogP contribution in [-0.4, -0.2) is 66.5 Å². The van der Waals surface area contributed by atoms with E-state index in [-0.39, 0.29) is 33.3 Å². The van der Waals surface area contributed by atoms with Crippen LogP contribution in [0.25, 0.3) is 17.7 Å². The monoisotopic (exact) mass is 550 g/mol. The van der Waals surface area contributed by atoms with Gasteiger partial charge in [-0.1, -0.05) is 0 Å². The fourth-order valence-electron chi connectivity index (χ4n) is 2.31. The van der Waals surface area contributed by atoms with Gasteiger partial charge in [0.1, 0.15) is 0 Å². The number of rotatable bonds is 8. The summed E-state index contributed by atoms with van der Waals surface area (Å²) in [6, 6.07) is 12.2. The number of aliphatic carboxylic acids is 1. The van der Waals surface area contributed by atoms with Gasteiger partial charge in [-0.25, -0.2) is 0 Å². The van der Waals surface area contributed by atoms with E-state index < -0.39 is 12.0 Å². The van der Waals surface area contributed by atoms with Gasteiger partial charge in [0.25, 0.3) is 0 Å². The van der Waals surface area contributed by atoms with Crippen LogP contribution < -0.4 is 11.1 Å². The van der Waals surface area contributed by atoms with Crippen LogP contribution in [0.15, 0.2) is 41.3 Å².